The van der Waals surface area contributed by atoms with E-state index in [1.807, 2.05) is 29.2 Å². The van der Waals surface area contributed by atoms with Crippen molar-refractivity contribution in [1.82, 2.24) is 15.0 Å². The number of likely N-dealkylation sites (tertiary alicyclic amines) is 1. The number of hydrogen-bond donors (Lipinski definition) is 0. The van der Waals surface area contributed by atoms with Crippen LogP contribution < -0.4 is 4.74 Å². The lowest BCUT2D eigenvalue weighted by atomic mass is 9.90. The maximum absolute atomic E-state index is 12.9. The lowest BCUT2D eigenvalue weighted by molar-refractivity contribution is 0.0687. The highest BCUT2D eigenvalue weighted by molar-refractivity contribution is 5.94. The maximum Gasteiger partial charge on any atom is 0.253 e. The van der Waals surface area contributed by atoms with Crippen LogP contribution in [0.4, 0.5) is 0 Å². The maximum atomic E-state index is 12.9. The van der Waals surface area contributed by atoms with E-state index in [0.29, 0.717) is 28.9 Å². The molecule has 1 aliphatic rings. The van der Waals surface area contributed by atoms with Crippen LogP contribution in [0.25, 0.3) is 0 Å². The Bertz CT molecular complexity index is 988. The predicted molar refractivity (Wildman–Crippen MR) is 118 cm³/mol. The number of nitrogens with zero attached hydrogens (tertiary/aromatic N) is 3. The average molecular weight is 420 g/mol. The number of amides is 1. The van der Waals surface area contributed by atoms with Crippen molar-refractivity contribution in [3.05, 3.63) is 76.9 Å². The van der Waals surface area contributed by atoms with Gasteiger partial charge in [0, 0.05) is 25.6 Å². The van der Waals surface area contributed by atoms with Gasteiger partial charge in [0.25, 0.3) is 5.91 Å². The summed E-state index contributed by atoms with van der Waals surface area (Å²) in [6.45, 7) is 5.75. The summed E-state index contributed by atoms with van der Waals surface area (Å²) in [5, 5.41) is 3.81. The standard InChI is InChI=1S/C25H29N3O3/c1-18-3-5-20(6-4-18)7-8-21-13-15-28(16-14-21)25(29)22-9-11-23(12-10-22)30-17-24-26-19(2)31-27-24/h3-6,9-12,21H,7-8,13-17H2,1-2H3. The van der Waals surface area contributed by atoms with Gasteiger partial charge in [0.15, 0.2) is 6.61 Å². The summed E-state index contributed by atoms with van der Waals surface area (Å²) >= 11 is 0. The van der Waals surface area contributed by atoms with Crippen LogP contribution in [0.3, 0.4) is 0 Å². The third-order valence-electron chi connectivity index (χ3n) is 5.90. The van der Waals surface area contributed by atoms with E-state index >= 15 is 0 Å². The molecule has 0 saturated carbocycles. The molecule has 162 valence electrons. The molecule has 1 saturated heterocycles. The molecule has 0 spiro atoms. The molecule has 3 aromatic rings. The van der Waals surface area contributed by atoms with E-state index in [4.69, 9.17) is 9.26 Å². The zero-order valence-electron chi connectivity index (χ0n) is 18.2. The Kier molecular flexibility index (Phi) is 6.65. The summed E-state index contributed by atoms with van der Waals surface area (Å²) < 4.78 is 10.6. The van der Waals surface area contributed by atoms with E-state index < -0.39 is 0 Å². The molecule has 0 radical (unpaired) electrons. The van der Waals surface area contributed by atoms with Gasteiger partial charge in [-0.25, -0.2) is 0 Å². The third kappa shape index (κ3) is 5.72. The fourth-order valence-corrected chi connectivity index (χ4v) is 3.97. The number of piperidine rings is 1. The first-order valence-electron chi connectivity index (χ1n) is 10.9. The van der Waals surface area contributed by atoms with Gasteiger partial charge in [-0.3, -0.25) is 4.79 Å². The van der Waals surface area contributed by atoms with Crippen LogP contribution in [0.1, 0.15) is 52.5 Å². The van der Waals surface area contributed by atoms with E-state index in [2.05, 4.69) is 41.3 Å². The van der Waals surface area contributed by atoms with E-state index in [0.717, 1.165) is 32.4 Å². The number of carbonyl (C=O) groups excluding carboxylic acids is 1. The second kappa shape index (κ2) is 9.77. The van der Waals surface area contributed by atoms with Crippen molar-refractivity contribution in [2.45, 2.75) is 46.1 Å². The molecule has 2 aromatic carbocycles. The summed E-state index contributed by atoms with van der Waals surface area (Å²) in [5.74, 6) is 2.47. The van der Waals surface area contributed by atoms with Gasteiger partial charge in [0.05, 0.1) is 0 Å². The van der Waals surface area contributed by atoms with Gasteiger partial charge >= 0.3 is 0 Å². The highest BCUT2D eigenvalue weighted by atomic mass is 16.5. The van der Waals surface area contributed by atoms with Crippen molar-refractivity contribution in [1.29, 1.82) is 0 Å². The summed E-state index contributed by atoms with van der Waals surface area (Å²) in [6, 6.07) is 16.1. The predicted octanol–water partition coefficient (Wildman–Crippen LogP) is 4.75. The Morgan fingerprint density at radius 2 is 1.77 bits per heavy atom. The first-order valence-corrected chi connectivity index (χ1v) is 10.9. The Morgan fingerprint density at radius 1 is 1.06 bits per heavy atom. The first-order chi connectivity index (χ1) is 15.1. The fraction of sp³-hybridized carbons (Fsp3) is 0.400. The van der Waals surface area contributed by atoms with Crippen LogP contribution in [0.5, 0.6) is 5.75 Å². The number of aromatic nitrogens is 2. The smallest absolute Gasteiger partial charge is 0.253 e. The molecule has 6 heteroatoms. The van der Waals surface area contributed by atoms with Crippen molar-refractivity contribution in [3.8, 4) is 5.75 Å². The van der Waals surface area contributed by atoms with Gasteiger partial charge in [-0.1, -0.05) is 35.0 Å². The summed E-state index contributed by atoms with van der Waals surface area (Å²) in [6.07, 6.45) is 4.45. The molecule has 1 amide bonds. The molecular weight excluding hydrogens is 390 g/mol. The Labute approximate surface area is 183 Å². The number of hydrogen-bond acceptors (Lipinski definition) is 5. The zero-order valence-corrected chi connectivity index (χ0v) is 18.2. The largest absolute Gasteiger partial charge is 0.485 e. The minimum Gasteiger partial charge on any atom is -0.485 e. The normalized spacial score (nSPS) is 14.6. The van der Waals surface area contributed by atoms with Crippen LogP contribution >= 0.6 is 0 Å². The molecule has 1 fully saturated rings. The third-order valence-corrected chi connectivity index (χ3v) is 5.90. The fourth-order valence-electron chi connectivity index (χ4n) is 3.97. The van der Waals surface area contributed by atoms with E-state index in [-0.39, 0.29) is 12.5 Å². The number of aryl methyl sites for hydroxylation is 3. The number of ether oxygens (including phenoxy) is 1. The van der Waals surface area contributed by atoms with Gasteiger partial charge in [-0.15, -0.1) is 0 Å². The molecular formula is C25H29N3O3. The molecule has 31 heavy (non-hydrogen) atoms. The van der Waals surface area contributed by atoms with Crippen molar-refractivity contribution < 1.29 is 14.1 Å². The molecule has 1 aromatic heterocycles. The molecule has 1 aliphatic heterocycles. The molecule has 0 bridgehead atoms. The lowest BCUT2D eigenvalue weighted by Gasteiger charge is -2.32. The van der Waals surface area contributed by atoms with E-state index in [9.17, 15) is 4.79 Å². The van der Waals surface area contributed by atoms with Crippen LogP contribution in [0.15, 0.2) is 53.1 Å². The second-order valence-electron chi connectivity index (χ2n) is 8.30. The highest BCUT2D eigenvalue weighted by Crippen LogP contribution is 2.24. The quantitative estimate of drug-likeness (QED) is 0.553. The monoisotopic (exact) mass is 419 g/mol. The molecule has 0 atom stereocenters. The highest BCUT2D eigenvalue weighted by Gasteiger charge is 2.23. The summed E-state index contributed by atoms with van der Waals surface area (Å²) in [7, 11) is 0. The van der Waals surface area contributed by atoms with Crippen LogP contribution in [-0.4, -0.2) is 34.0 Å². The topological polar surface area (TPSA) is 68.5 Å². The zero-order chi connectivity index (χ0) is 21.6. The van der Waals surface area contributed by atoms with E-state index in [1.165, 1.54) is 17.5 Å². The van der Waals surface area contributed by atoms with Crippen molar-refractivity contribution >= 4 is 5.91 Å². The molecule has 0 N–H and O–H groups in total. The lowest BCUT2D eigenvalue weighted by Crippen LogP contribution is -2.38. The van der Waals surface area contributed by atoms with Crippen LogP contribution in [0, 0.1) is 19.8 Å². The Morgan fingerprint density at radius 3 is 2.42 bits per heavy atom. The Hall–Kier alpha value is -3.15. The van der Waals surface area contributed by atoms with Crippen LogP contribution in [0.2, 0.25) is 0 Å². The van der Waals surface area contributed by atoms with Gasteiger partial charge in [0.1, 0.15) is 5.75 Å². The van der Waals surface area contributed by atoms with Gasteiger partial charge in [-0.2, -0.15) is 4.98 Å². The number of carbonyl (C=O) groups is 1. The van der Waals surface area contributed by atoms with Crippen molar-refractivity contribution in [2.24, 2.45) is 5.92 Å². The molecule has 2 heterocycles. The van der Waals surface area contributed by atoms with Crippen molar-refractivity contribution in [3.63, 3.8) is 0 Å². The minimum atomic E-state index is 0.0947. The molecule has 6 nitrogen and oxygen atoms in total. The average Bonchev–Trinajstić information content (AvgIpc) is 3.23. The first kappa shape index (κ1) is 21.1. The van der Waals surface area contributed by atoms with Crippen molar-refractivity contribution in [2.75, 3.05) is 13.1 Å². The van der Waals surface area contributed by atoms with Gasteiger partial charge < -0.3 is 14.2 Å². The molecule has 0 unspecified atom stereocenters. The van der Waals surface area contributed by atoms with Gasteiger partial charge in [-0.05, 0) is 68.4 Å². The second-order valence-corrected chi connectivity index (χ2v) is 8.30. The number of rotatable bonds is 7. The summed E-state index contributed by atoms with van der Waals surface area (Å²) in [4.78, 5) is 18.9. The summed E-state index contributed by atoms with van der Waals surface area (Å²) in [5.41, 5.74) is 3.40. The molecule has 4 rings (SSSR count). The minimum absolute atomic E-state index is 0.0947. The molecule has 0 aliphatic carbocycles. The number of benzene rings is 2. The van der Waals surface area contributed by atoms with Gasteiger partial charge in [0.2, 0.25) is 11.7 Å². The SMILES string of the molecule is Cc1ccc(CCC2CCN(C(=O)c3ccc(OCc4noc(C)n4)cc3)CC2)cc1. The van der Waals surface area contributed by atoms with Crippen LogP contribution in [-0.2, 0) is 13.0 Å². The van der Waals surface area contributed by atoms with E-state index in [1.54, 1.807) is 6.92 Å². The Balaban J connectivity index is 1.23.